The highest BCUT2D eigenvalue weighted by Gasteiger charge is 2.13. The second-order valence-electron chi connectivity index (χ2n) is 4.86. The van der Waals surface area contributed by atoms with Crippen LogP contribution in [0.5, 0.6) is 0 Å². The van der Waals surface area contributed by atoms with E-state index in [1.807, 2.05) is 0 Å². The molecule has 0 spiro atoms. The van der Waals surface area contributed by atoms with Crippen molar-refractivity contribution in [2.24, 2.45) is 0 Å². The van der Waals surface area contributed by atoms with Crippen LogP contribution in [-0.2, 0) is 29.4 Å². The minimum absolute atomic E-state index is 0.502. The smallest absolute Gasteiger partial charge is 0.0664 e. The first-order valence-electron chi connectivity index (χ1n) is 6.42. The molecule has 1 aliphatic rings. The van der Waals surface area contributed by atoms with Crippen LogP contribution in [0.25, 0.3) is 0 Å². The number of fused-ring (bicyclic) bond motifs is 1. The summed E-state index contributed by atoms with van der Waals surface area (Å²) in [6, 6.07) is 8.18. The van der Waals surface area contributed by atoms with Gasteiger partial charge in [0.05, 0.1) is 33.3 Å². The van der Waals surface area contributed by atoms with Gasteiger partial charge in [-0.1, -0.05) is 18.2 Å². The van der Waals surface area contributed by atoms with Gasteiger partial charge in [0.15, 0.2) is 0 Å². The van der Waals surface area contributed by atoms with Crippen molar-refractivity contribution in [3.05, 3.63) is 53.3 Å². The number of pyridine rings is 1. The van der Waals surface area contributed by atoms with Crippen molar-refractivity contribution in [3.63, 3.8) is 0 Å². The van der Waals surface area contributed by atoms with E-state index in [1.165, 1.54) is 24.0 Å². The van der Waals surface area contributed by atoms with Gasteiger partial charge < -0.3 is 5.73 Å². The normalized spacial score (nSPS) is 15.2. The third-order valence-corrected chi connectivity index (χ3v) is 4.97. The van der Waals surface area contributed by atoms with E-state index in [1.54, 1.807) is 18.5 Å². The number of aryl methyl sites for hydroxylation is 2. The molecular formula is C15H16N2OS. The minimum Gasteiger partial charge on any atom is -0.396 e. The zero-order chi connectivity index (χ0) is 13.2. The quantitative estimate of drug-likeness (QED) is 0.933. The van der Waals surface area contributed by atoms with E-state index in [0.29, 0.717) is 16.3 Å². The fourth-order valence-corrected chi connectivity index (χ4v) is 3.71. The van der Waals surface area contributed by atoms with Crippen molar-refractivity contribution in [2.45, 2.75) is 29.9 Å². The van der Waals surface area contributed by atoms with Crippen LogP contribution < -0.4 is 5.73 Å². The number of benzene rings is 1. The van der Waals surface area contributed by atoms with Gasteiger partial charge in [0.25, 0.3) is 0 Å². The Balaban J connectivity index is 1.82. The van der Waals surface area contributed by atoms with Crippen molar-refractivity contribution in [1.82, 2.24) is 4.98 Å². The number of anilines is 1. The maximum Gasteiger partial charge on any atom is 0.0664 e. The largest absolute Gasteiger partial charge is 0.396 e. The first-order chi connectivity index (χ1) is 9.24. The summed E-state index contributed by atoms with van der Waals surface area (Å²) in [6.45, 7) is 0. The summed E-state index contributed by atoms with van der Waals surface area (Å²) in [5.74, 6) is 0.515. The Bertz CT molecular complexity index is 640. The molecule has 0 amide bonds. The highest BCUT2D eigenvalue weighted by molar-refractivity contribution is 7.84. The molecule has 1 atom stereocenters. The fraction of sp³-hybridized carbons (Fsp3) is 0.267. The molecule has 1 heterocycles. The van der Waals surface area contributed by atoms with Crippen molar-refractivity contribution < 1.29 is 4.21 Å². The number of aromatic nitrogens is 1. The molecule has 1 aromatic heterocycles. The molecule has 0 aliphatic heterocycles. The fourth-order valence-electron chi connectivity index (χ4n) is 2.55. The summed E-state index contributed by atoms with van der Waals surface area (Å²) in [4.78, 5) is 4.60. The van der Waals surface area contributed by atoms with Crippen molar-refractivity contribution >= 4 is 16.5 Å². The summed E-state index contributed by atoms with van der Waals surface area (Å²) in [5.41, 5.74) is 10.3. The van der Waals surface area contributed by atoms with Crippen LogP contribution in [0.2, 0.25) is 0 Å². The number of nitrogen functional groups attached to an aromatic ring is 1. The number of hydrogen-bond acceptors (Lipinski definition) is 3. The Labute approximate surface area is 115 Å². The van der Waals surface area contributed by atoms with E-state index >= 15 is 0 Å². The molecule has 0 fully saturated rings. The molecule has 3 rings (SSSR count). The van der Waals surface area contributed by atoms with Gasteiger partial charge in [-0.25, -0.2) is 0 Å². The molecule has 0 bridgehead atoms. The molecule has 0 saturated carbocycles. The van der Waals surface area contributed by atoms with E-state index in [-0.39, 0.29) is 0 Å². The summed E-state index contributed by atoms with van der Waals surface area (Å²) in [7, 11) is -1.11. The van der Waals surface area contributed by atoms with Gasteiger partial charge in [-0.3, -0.25) is 9.19 Å². The average molecular weight is 272 g/mol. The topological polar surface area (TPSA) is 56.0 Å². The average Bonchev–Trinajstić information content (AvgIpc) is 2.86. The lowest BCUT2D eigenvalue weighted by atomic mass is 10.1. The Kier molecular flexibility index (Phi) is 3.34. The Morgan fingerprint density at radius 3 is 2.89 bits per heavy atom. The van der Waals surface area contributed by atoms with Gasteiger partial charge in [-0.2, -0.15) is 0 Å². The van der Waals surface area contributed by atoms with Crippen LogP contribution in [0, 0.1) is 0 Å². The Morgan fingerprint density at radius 1 is 1.21 bits per heavy atom. The lowest BCUT2D eigenvalue weighted by molar-refractivity contribution is 0.683. The molecule has 0 radical (unpaired) electrons. The zero-order valence-corrected chi connectivity index (χ0v) is 11.5. The molecule has 2 N–H and O–H groups in total. The molecule has 1 aromatic carbocycles. The van der Waals surface area contributed by atoms with Crippen LogP contribution in [0.3, 0.4) is 0 Å². The summed E-state index contributed by atoms with van der Waals surface area (Å²) < 4.78 is 12.3. The standard InChI is InChI=1S/C15H16N2OS/c16-14-9-17-7-6-15(14)19(18)10-11-4-5-12-2-1-3-13(12)8-11/h4-9H,1-3,10,16H2. The lowest BCUT2D eigenvalue weighted by Crippen LogP contribution is -2.01. The number of hydrogen-bond donors (Lipinski definition) is 1. The molecule has 1 unspecified atom stereocenters. The van der Waals surface area contributed by atoms with E-state index in [2.05, 4.69) is 23.2 Å². The second kappa shape index (κ2) is 5.13. The van der Waals surface area contributed by atoms with Gasteiger partial charge in [-0.15, -0.1) is 0 Å². The third kappa shape index (κ3) is 2.54. The molecule has 1 aliphatic carbocycles. The van der Waals surface area contributed by atoms with Crippen LogP contribution in [0.1, 0.15) is 23.1 Å². The molecular weight excluding hydrogens is 256 g/mol. The summed E-state index contributed by atoms with van der Waals surface area (Å²) in [5, 5.41) is 0. The van der Waals surface area contributed by atoms with Gasteiger partial charge in [0.2, 0.25) is 0 Å². The molecule has 98 valence electrons. The SMILES string of the molecule is Nc1cnccc1S(=O)Cc1ccc2c(c1)CCC2. The number of nitrogens with two attached hydrogens (primary N) is 1. The molecule has 0 saturated heterocycles. The lowest BCUT2D eigenvalue weighted by Gasteiger charge is -2.07. The van der Waals surface area contributed by atoms with Gasteiger partial charge in [0, 0.05) is 6.20 Å². The predicted octanol–water partition coefficient (Wildman–Crippen LogP) is 2.46. The van der Waals surface area contributed by atoms with Crippen molar-refractivity contribution in [2.75, 3.05) is 5.73 Å². The van der Waals surface area contributed by atoms with E-state index < -0.39 is 10.8 Å². The number of rotatable bonds is 3. The molecule has 2 aromatic rings. The third-order valence-electron chi connectivity index (χ3n) is 3.52. The van der Waals surface area contributed by atoms with Crippen LogP contribution in [-0.4, -0.2) is 9.19 Å². The van der Waals surface area contributed by atoms with Crippen LogP contribution >= 0.6 is 0 Å². The minimum atomic E-state index is -1.11. The van der Waals surface area contributed by atoms with Gasteiger partial charge in [-0.05, 0) is 42.0 Å². The number of nitrogens with zero attached hydrogens (tertiary/aromatic N) is 1. The van der Waals surface area contributed by atoms with Crippen LogP contribution in [0.4, 0.5) is 5.69 Å². The monoisotopic (exact) mass is 272 g/mol. The maximum absolute atomic E-state index is 12.3. The Hall–Kier alpha value is -1.68. The summed E-state index contributed by atoms with van der Waals surface area (Å²) >= 11 is 0. The van der Waals surface area contributed by atoms with Crippen LogP contribution in [0.15, 0.2) is 41.6 Å². The van der Waals surface area contributed by atoms with E-state index in [4.69, 9.17) is 5.73 Å². The van der Waals surface area contributed by atoms with Crippen molar-refractivity contribution in [1.29, 1.82) is 0 Å². The highest BCUT2D eigenvalue weighted by Crippen LogP contribution is 2.24. The maximum atomic E-state index is 12.3. The highest BCUT2D eigenvalue weighted by atomic mass is 32.2. The summed E-state index contributed by atoms with van der Waals surface area (Å²) in [6.07, 6.45) is 6.74. The van der Waals surface area contributed by atoms with E-state index in [0.717, 1.165) is 12.0 Å². The van der Waals surface area contributed by atoms with E-state index in [9.17, 15) is 4.21 Å². The van der Waals surface area contributed by atoms with Gasteiger partial charge >= 0.3 is 0 Å². The first-order valence-corrected chi connectivity index (χ1v) is 7.74. The molecule has 19 heavy (non-hydrogen) atoms. The first kappa shape index (κ1) is 12.4. The predicted molar refractivity (Wildman–Crippen MR) is 77.2 cm³/mol. The van der Waals surface area contributed by atoms with Crippen molar-refractivity contribution in [3.8, 4) is 0 Å². The van der Waals surface area contributed by atoms with Gasteiger partial charge in [0.1, 0.15) is 0 Å². The second-order valence-corrected chi connectivity index (χ2v) is 6.28. The molecule has 3 nitrogen and oxygen atoms in total. The zero-order valence-electron chi connectivity index (χ0n) is 10.6. The molecule has 4 heteroatoms. The Morgan fingerprint density at radius 2 is 2.05 bits per heavy atom.